The third-order valence-corrected chi connectivity index (χ3v) is 8.37. The lowest BCUT2D eigenvalue weighted by Crippen LogP contribution is -2.59. The zero-order valence-corrected chi connectivity index (χ0v) is 23.8. The summed E-state index contributed by atoms with van der Waals surface area (Å²) < 4.78 is 9.81. The van der Waals surface area contributed by atoms with E-state index < -0.39 is 5.54 Å². The Labute approximate surface area is 233 Å². The lowest BCUT2D eigenvalue weighted by Gasteiger charge is -2.42. The molecule has 0 bridgehead atoms. The lowest BCUT2D eigenvalue weighted by molar-refractivity contribution is -0.129. The molecule has 0 unspecified atom stereocenters. The molecule has 2 N–H and O–H groups in total. The van der Waals surface area contributed by atoms with E-state index in [2.05, 4.69) is 36.8 Å². The van der Waals surface area contributed by atoms with Crippen LogP contribution in [0.4, 0.5) is 5.82 Å². The highest BCUT2D eigenvalue weighted by molar-refractivity contribution is 5.86. The molecule has 0 radical (unpaired) electrons. The van der Waals surface area contributed by atoms with E-state index >= 15 is 0 Å². The van der Waals surface area contributed by atoms with E-state index in [1.165, 1.54) is 0 Å². The fourth-order valence-electron chi connectivity index (χ4n) is 5.67. The summed E-state index contributed by atoms with van der Waals surface area (Å²) in [5, 5.41) is 0. The SMILES string of the molecule is CCc1nc2ccccc2n1-c1nc(N2CCOCC2)c2nc(CN3CCN(C(C)(C)C(N)=O)CC3)n(C)c2n1. The Morgan fingerprint density at radius 3 is 2.40 bits per heavy atom. The Kier molecular flexibility index (Phi) is 6.93. The van der Waals surface area contributed by atoms with Crippen molar-refractivity contribution in [3.8, 4) is 5.95 Å². The van der Waals surface area contributed by atoms with Crippen LogP contribution in [0.5, 0.6) is 0 Å². The number of carbonyl (C=O) groups is 1. The number of imidazole rings is 2. The monoisotopic (exact) mass is 546 g/mol. The highest BCUT2D eigenvalue weighted by Gasteiger charge is 2.35. The summed E-state index contributed by atoms with van der Waals surface area (Å²) >= 11 is 0. The third kappa shape index (κ3) is 4.59. The maximum atomic E-state index is 11.9. The maximum absolute atomic E-state index is 11.9. The van der Waals surface area contributed by atoms with Gasteiger partial charge in [0.15, 0.2) is 17.0 Å². The summed E-state index contributed by atoms with van der Waals surface area (Å²) in [5.41, 5.74) is 8.53. The molecule has 0 atom stereocenters. The number of fused-ring (bicyclic) bond motifs is 2. The van der Waals surface area contributed by atoms with E-state index in [4.69, 9.17) is 30.4 Å². The second kappa shape index (κ2) is 10.4. The highest BCUT2D eigenvalue weighted by Crippen LogP contribution is 2.29. The topological polar surface area (TPSA) is 123 Å². The molecule has 40 heavy (non-hydrogen) atoms. The van der Waals surface area contributed by atoms with Crippen LogP contribution in [0.2, 0.25) is 0 Å². The van der Waals surface area contributed by atoms with Crippen LogP contribution in [0.1, 0.15) is 32.4 Å². The van der Waals surface area contributed by atoms with Crippen molar-refractivity contribution in [3.05, 3.63) is 35.9 Å². The summed E-state index contributed by atoms with van der Waals surface area (Å²) in [6.45, 7) is 12.6. The minimum atomic E-state index is -0.655. The van der Waals surface area contributed by atoms with Crippen LogP contribution in [-0.4, -0.2) is 103 Å². The van der Waals surface area contributed by atoms with Crippen LogP contribution in [-0.2, 0) is 29.5 Å². The molecule has 6 rings (SSSR count). The van der Waals surface area contributed by atoms with Gasteiger partial charge in [-0.05, 0) is 26.0 Å². The second-order valence-electron chi connectivity index (χ2n) is 11.1. The zero-order valence-electron chi connectivity index (χ0n) is 23.8. The number of piperazine rings is 1. The summed E-state index contributed by atoms with van der Waals surface area (Å²) in [5.74, 6) is 3.00. The zero-order chi connectivity index (χ0) is 28.0. The van der Waals surface area contributed by atoms with Gasteiger partial charge in [0.1, 0.15) is 11.6 Å². The summed E-state index contributed by atoms with van der Waals surface area (Å²) in [4.78, 5) is 38.9. The van der Waals surface area contributed by atoms with E-state index in [1.54, 1.807) is 0 Å². The van der Waals surface area contributed by atoms with Crippen molar-refractivity contribution >= 4 is 33.9 Å². The van der Waals surface area contributed by atoms with Crippen LogP contribution >= 0.6 is 0 Å². The molecule has 12 heteroatoms. The first-order chi connectivity index (χ1) is 19.3. The smallest absolute Gasteiger partial charge is 0.239 e. The number of hydrogen-bond acceptors (Lipinski definition) is 9. The number of carbonyl (C=O) groups excluding carboxylic acids is 1. The van der Waals surface area contributed by atoms with Crippen molar-refractivity contribution in [1.29, 1.82) is 0 Å². The van der Waals surface area contributed by atoms with Gasteiger partial charge in [-0.3, -0.25) is 19.2 Å². The Morgan fingerprint density at radius 1 is 0.975 bits per heavy atom. The van der Waals surface area contributed by atoms with Gasteiger partial charge in [-0.15, -0.1) is 0 Å². The number of morpholine rings is 1. The average molecular weight is 547 g/mol. The first-order valence-corrected chi connectivity index (χ1v) is 14.1. The number of primary amides is 1. The number of benzene rings is 1. The number of anilines is 1. The standard InChI is InChI=1S/C28H38N10O2/c1-5-21-30-19-8-6-7-9-20(19)38(21)27-32-24-23(25(33-27)36-14-16-40-17-15-36)31-22(34(24)4)18-35-10-12-37(13-11-35)28(2,3)26(29)39/h6-9H,5,10-18H2,1-4H3,(H2,29,39). The molecule has 12 nitrogen and oxygen atoms in total. The largest absolute Gasteiger partial charge is 0.378 e. The Bertz CT molecular complexity index is 1540. The van der Waals surface area contributed by atoms with Gasteiger partial charge in [0.25, 0.3) is 0 Å². The summed E-state index contributed by atoms with van der Waals surface area (Å²) in [7, 11) is 2.03. The molecular formula is C28H38N10O2. The molecule has 2 fully saturated rings. The number of amides is 1. The van der Waals surface area contributed by atoms with Gasteiger partial charge < -0.3 is 19.9 Å². The van der Waals surface area contributed by atoms with E-state index in [1.807, 2.05) is 39.1 Å². The normalized spacial score (nSPS) is 17.8. The maximum Gasteiger partial charge on any atom is 0.239 e. The van der Waals surface area contributed by atoms with Crippen molar-refractivity contribution in [1.82, 2.24) is 38.9 Å². The fraction of sp³-hybridized carbons (Fsp3) is 0.536. The number of aromatic nitrogens is 6. The van der Waals surface area contributed by atoms with Crippen LogP contribution in [0.3, 0.4) is 0 Å². The molecule has 2 aliphatic heterocycles. The number of rotatable bonds is 7. The first kappa shape index (κ1) is 26.6. The molecule has 2 aliphatic rings. The Hall–Kier alpha value is -3.61. The predicted molar refractivity (Wildman–Crippen MR) is 153 cm³/mol. The van der Waals surface area contributed by atoms with Gasteiger partial charge in [-0.1, -0.05) is 19.1 Å². The van der Waals surface area contributed by atoms with E-state index in [0.29, 0.717) is 25.7 Å². The van der Waals surface area contributed by atoms with Crippen molar-refractivity contribution in [2.24, 2.45) is 12.8 Å². The minimum absolute atomic E-state index is 0.293. The number of hydrogen-bond donors (Lipinski definition) is 1. The van der Waals surface area contributed by atoms with Crippen molar-refractivity contribution in [2.45, 2.75) is 39.3 Å². The van der Waals surface area contributed by atoms with Crippen LogP contribution in [0.25, 0.3) is 28.1 Å². The molecule has 4 aromatic rings. The van der Waals surface area contributed by atoms with Crippen LogP contribution < -0.4 is 10.6 Å². The Balaban J connectivity index is 1.38. The number of nitrogens with zero attached hydrogens (tertiary/aromatic N) is 9. The molecule has 0 saturated carbocycles. The molecule has 3 aromatic heterocycles. The minimum Gasteiger partial charge on any atom is -0.378 e. The summed E-state index contributed by atoms with van der Waals surface area (Å²) in [6.07, 6.45) is 0.762. The van der Waals surface area contributed by atoms with Crippen LogP contribution in [0, 0.1) is 0 Å². The lowest BCUT2D eigenvalue weighted by atomic mass is 10.0. The molecule has 1 aromatic carbocycles. The molecule has 0 spiro atoms. The van der Waals surface area contributed by atoms with Crippen molar-refractivity contribution in [2.75, 3.05) is 57.4 Å². The molecule has 212 valence electrons. The predicted octanol–water partition coefficient (Wildman–Crippen LogP) is 1.48. The average Bonchev–Trinajstić information content (AvgIpc) is 3.50. The van der Waals surface area contributed by atoms with Crippen LogP contribution in [0.15, 0.2) is 24.3 Å². The van der Waals surface area contributed by atoms with E-state index in [-0.39, 0.29) is 5.91 Å². The molecule has 0 aliphatic carbocycles. The van der Waals surface area contributed by atoms with Crippen molar-refractivity contribution < 1.29 is 9.53 Å². The quantitative estimate of drug-likeness (QED) is 0.367. The highest BCUT2D eigenvalue weighted by atomic mass is 16.5. The number of ether oxygens (including phenoxy) is 1. The second-order valence-corrected chi connectivity index (χ2v) is 11.1. The van der Waals surface area contributed by atoms with Crippen molar-refractivity contribution in [3.63, 3.8) is 0 Å². The molecule has 5 heterocycles. The van der Waals surface area contributed by atoms with E-state index in [0.717, 1.165) is 85.4 Å². The number of para-hydroxylation sites is 2. The van der Waals surface area contributed by atoms with Gasteiger partial charge in [0.05, 0.1) is 36.3 Å². The third-order valence-electron chi connectivity index (χ3n) is 8.37. The molecule has 2 saturated heterocycles. The van der Waals surface area contributed by atoms with Gasteiger partial charge in [0, 0.05) is 52.7 Å². The summed E-state index contributed by atoms with van der Waals surface area (Å²) in [6, 6.07) is 8.12. The van der Waals surface area contributed by atoms with Gasteiger partial charge >= 0.3 is 0 Å². The first-order valence-electron chi connectivity index (χ1n) is 14.1. The fourth-order valence-corrected chi connectivity index (χ4v) is 5.67. The molecule has 1 amide bonds. The van der Waals surface area contributed by atoms with Gasteiger partial charge in [-0.2, -0.15) is 9.97 Å². The van der Waals surface area contributed by atoms with E-state index in [9.17, 15) is 4.79 Å². The number of nitrogens with two attached hydrogens (primary N) is 1. The Morgan fingerprint density at radius 2 is 1.70 bits per heavy atom. The molecular weight excluding hydrogens is 508 g/mol. The van der Waals surface area contributed by atoms with Gasteiger partial charge in [0.2, 0.25) is 11.9 Å². The number of aryl methyl sites for hydroxylation is 2. The van der Waals surface area contributed by atoms with Gasteiger partial charge in [-0.25, -0.2) is 9.97 Å².